The third kappa shape index (κ3) is 2.09. The normalized spacial score (nSPS) is 9.42. The van der Waals surface area contributed by atoms with Crippen LogP contribution < -0.4 is 4.74 Å². The van der Waals surface area contributed by atoms with Crippen LogP contribution in [0.5, 0.6) is 5.75 Å². The van der Waals surface area contributed by atoms with Gasteiger partial charge in [0, 0.05) is 6.20 Å². The van der Waals surface area contributed by atoms with Crippen molar-refractivity contribution >= 4 is 6.08 Å². The smallest absolute Gasteiger partial charge is 0.144 e. The van der Waals surface area contributed by atoms with Gasteiger partial charge in [-0.25, -0.2) is 0 Å². The molecule has 0 saturated carbocycles. The van der Waals surface area contributed by atoms with Crippen LogP contribution in [0.1, 0.15) is 19.0 Å². The lowest BCUT2D eigenvalue weighted by Crippen LogP contribution is -1.97. The molecule has 0 atom stereocenters. The van der Waals surface area contributed by atoms with E-state index in [2.05, 4.69) is 18.5 Å². The molecule has 0 aliphatic rings. The van der Waals surface area contributed by atoms with E-state index in [1.54, 1.807) is 12.3 Å². The van der Waals surface area contributed by atoms with Crippen LogP contribution in [0.3, 0.4) is 0 Å². The Kier molecular flexibility index (Phi) is 3.33. The van der Waals surface area contributed by atoms with Crippen molar-refractivity contribution in [1.82, 2.24) is 4.98 Å². The summed E-state index contributed by atoms with van der Waals surface area (Å²) in [5.74, 6) is 0.814. The van der Waals surface area contributed by atoms with Crippen LogP contribution in [-0.4, -0.2) is 11.6 Å². The Labute approximate surface area is 72.9 Å². The van der Waals surface area contributed by atoms with Gasteiger partial charge in [-0.3, -0.25) is 4.98 Å². The first-order valence-corrected chi connectivity index (χ1v) is 4.08. The molecule has 0 N–H and O–H groups in total. The maximum Gasteiger partial charge on any atom is 0.144 e. The van der Waals surface area contributed by atoms with E-state index >= 15 is 0 Å². The molecule has 1 aromatic rings. The molecule has 0 aliphatic carbocycles. The molecule has 0 saturated heterocycles. The summed E-state index contributed by atoms with van der Waals surface area (Å²) in [6, 6.07) is 3.76. The summed E-state index contributed by atoms with van der Waals surface area (Å²) in [6.07, 6.45) is 4.44. The predicted molar refractivity (Wildman–Crippen MR) is 50.1 cm³/mol. The first-order valence-electron chi connectivity index (χ1n) is 4.08. The van der Waals surface area contributed by atoms with Gasteiger partial charge < -0.3 is 4.74 Å². The Bertz CT molecular complexity index is 258. The van der Waals surface area contributed by atoms with E-state index in [1.165, 1.54) is 0 Å². The molecule has 0 aromatic carbocycles. The van der Waals surface area contributed by atoms with E-state index in [1.807, 2.05) is 12.1 Å². The molecule has 0 bridgehead atoms. The zero-order valence-corrected chi connectivity index (χ0v) is 7.29. The van der Waals surface area contributed by atoms with E-state index in [-0.39, 0.29) is 0 Å². The minimum atomic E-state index is 0.729. The van der Waals surface area contributed by atoms with Crippen molar-refractivity contribution in [3.05, 3.63) is 30.6 Å². The summed E-state index contributed by atoms with van der Waals surface area (Å²) in [5.41, 5.74) is 0.811. The maximum absolute atomic E-state index is 5.44. The number of hydrogen-bond acceptors (Lipinski definition) is 2. The molecule has 0 radical (unpaired) electrons. The number of aromatic nitrogens is 1. The summed E-state index contributed by atoms with van der Waals surface area (Å²) in [7, 11) is 0. The lowest BCUT2D eigenvalue weighted by molar-refractivity contribution is 0.315. The molecule has 0 fully saturated rings. The van der Waals surface area contributed by atoms with Crippen LogP contribution in [-0.2, 0) is 0 Å². The lowest BCUT2D eigenvalue weighted by Gasteiger charge is -2.05. The van der Waals surface area contributed by atoms with Gasteiger partial charge in [0.05, 0.1) is 6.61 Å². The number of pyridine rings is 1. The van der Waals surface area contributed by atoms with Crippen LogP contribution in [0.4, 0.5) is 0 Å². The first kappa shape index (κ1) is 8.78. The summed E-state index contributed by atoms with van der Waals surface area (Å²) < 4.78 is 5.44. The molecule has 12 heavy (non-hydrogen) atoms. The van der Waals surface area contributed by atoms with E-state index in [4.69, 9.17) is 4.74 Å². The highest BCUT2D eigenvalue weighted by Crippen LogP contribution is 2.15. The maximum atomic E-state index is 5.44. The Morgan fingerprint density at radius 2 is 2.50 bits per heavy atom. The van der Waals surface area contributed by atoms with Gasteiger partial charge in [0.15, 0.2) is 0 Å². The van der Waals surface area contributed by atoms with Crippen LogP contribution in [0.15, 0.2) is 24.9 Å². The third-order valence-corrected chi connectivity index (χ3v) is 1.45. The average molecular weight is 163 g/mol. The Morgan fingerprint density at radius 1 is 1.67 bits per heavy atom. The zero-order valence-electron chi connectivity index (χ0n) is 7.29. The lowest BCUT2D eigenvalue weighted by atomic mass is 10.3. The molecule has 1 rings (SSSR count). The van der Waals surface area contributed by atoms with Crippen molar-refractivity contribution in [3.63, 3.8) is 0 Å². The molecule has 64 valence electrons. The summed E-state index contributed by atoms with van der Waals surface area (Å²) in [4.78, 5) is 4.11. The predicted octanol–water partition coefficient (Wildman–Crippen LogP) is 2.51. The monoisotopic (exact) mass is 163 g/mol. The highest BCUT2D eigenvalue weighted by Gasteiger charge is 1.98. The quantitative estimate of drug-likeness (QED) is 0.680. The van der Waals surface area contributed by atoms with Gasteiger partial charge in [-0.05, 0) is 24.6 Å². The van der Waals surface area contributed by atoms with Gasteiger partial charge in [0.2, 0.25) is 0 Å². The van der Waals surface area contributed by atoms with Gasteiger partial charge in [-0.2, -0.15) is 0 Å². The van der Waals surface area contributed by atoms with E-state index in [0.717, 1.165) is 24.5 Å². The molecule has 0 unspecified atom stereocenters. The number of rotatable bonds is 4. The minimum Gasteiger partial charge on any atom is -0.491 e. The fourth-order valence-corrected chi connectivity index (χ4v) is 0.890. The van der Waals surface area contributed by atoms with Crippen molar-refractivity contribution in [1.29, 1.82) is 0 Å². The number of hydrogen-bond donors (Lipinski definition) is 0. The van der Waals surface area contributed by atoms with E-state index < -0.39 is 0 Å². The minimum absolute atomic E-state index is 0.729. The molecule has 0 spiro atoms. The van der Waals surface area contributed by atoms with Gasteiger partial charge in [0.25, 0.3) is 0 Å². The second-order valence-electron chi connectivity index (χ2n) is 2.44. The van der Waals surface area contributed by atoms with Crippen LogP contribution in [0.25, 0.3) is 6.08 Å². The van der Waals surface area contributed by atoms with Crippen LogP contribution >= 0.6 is 0 Å². The molecule has 2 nitrogen and oxygen atoms in total. The zero-order chi connectivity index (χ0) is 8.81. The highest BCUT2D eigenvalue weighted by atomic mass is 16.5. The summed E-state index contributed by atoms with van der Waals surface area (Å²) in [5, 5.41) is 0. The van der Waals surface area contributed by atoms with Crippen molar-refractivity contribution in [3.8, 4) is 5.75 Å². The molecule has 2 heteroatoms. The van der Waals surface area contributed by atoms with E-state index in [0.29, 0.717) is 0 Å². The topological polar surface area (TPSA) is 22.1 Å². The number of nitrogens with zero attached hydrogens (tertiary/aromatic N) is 1. The van der Waals surface area contributed by atoms with Crippen molar-refractivity contribution in [2.45, 2.75) is 13.3 Å². The first-order chi connectivity index (χ1) is 5.88. The van der Waals surface area contributed by atoms with Gasteiger partial charge in [0.1, 0.15) is 11.4 Å². The van der Waals surface area contributed by atoms with Crippen LogP contribution in [0, 0.1) is 0 Å². The SMILES string of the molecule is C=Cc1ncccc1OCCC. The fourth-order valence-electron chi connectivity index (χ4n) is 0.890. The average Bonchev–Trinajstić information content (AvgIpc) is 2.15. The molecular weight excluding hydrogens is 150 g/mol. The van der Waals surface area contributed by atoms with Crippen molar-refractivity contribution in [2.75, 3.05) is 6.61 Å². The second kappa shape index (κ2) is 4.54. The molecule has 1 aromatic heterocycles. The van der Waals surface area contributed by atoms with Crippen molar-refractivity contribution < 1.29 is 4.74 Å². The highest BCUT2D eigenvalue weighted by molar-refractivity contribution is 5.50. The Balaban J connectivity index is 2.75. The molecule has 1 heterocycles. The molecule has 0 amide bonds. The van der Waals surface area contributed by atoms with E-state index in [9.17, 15) is 0 Å². The second-order valence-corrected chi connectivity index (χ2v) is 2.44. The Morgan fingerprint density at radius 3 is 3.17 bits per heavy atom. The van der Waals surface area contributed by atoms with Gasteiger partial charge in [-0.15, -0.1) is 0 Å². The van der Waals surface area contributed by atoms with Gasteiger partial charge in [-0.1, -0.05) is 13.5 Å². The largest absolute Gasteiger partial charge is 0.491 e. The van der Waals surface area contributed by atoms with Crippen LogP contribution in [0.2, 0.25) is 0 Å². The van der Waals surface area contributed by atoms with Crippen molar-refractivity contribution in [2.24, 2.45) is 0 Å². The molecular formula is C10H13NO. The number of ether oxygens (including phenoxy) is 1. The standard InChI is InChI=1S/C10H13NO/c1-3-8-12-10-6-5-7-11-9(10)4-2/h4-7H,2-3,8H2,1H3. The fraction of sp³-hybridized carbons (Fsp3) is 0.300. The third-order valence-electron chi connectivity index (χ3n) is 1.45. The summed E-state index contributed by atoms with van der Waals surface area (Å²) in [6.45, 7) is 6.46. The van der Waals surface area contributed by atoms with Gasteiger partial charge >= 0.3 is 0 Å². The summed E-state index contributed by atoms with van der Waals surface area (Å²) >= 11 is 0. The Hall–Kier alpha value is -1.31. The molecule has 0 aliphatic heterocycles.